The predicted molar refractivity (Wildman–Crippen MR) is 116 cm³/mol. The molecule has 0 amide bonds. The maximum atomic E-state index is 5.02. The number of aryl methyl sites for hydroxylation is 3. The Hall–Kier alpha value is -2.67. The molecule has 0 radical (unpaired) electrons. The van der Waals surface area contributed by atoms with Crippen molar-refractivity contribution in [3.8, 4) is 11.3 Å². The van der Waals surface area contributed by atoms with Crippen molar-refractivity contribution < 1.29 is 0 Å². The zero-order chi connectivity index (χ0) is 19.8. The van der Waals surface area contributed by atoms with Crippen LogP contribution in [0.3, 0.4) is 0 Å². The highest BCUT2D eigenvalue weighted by molar-refractivity contribution is 7.10. The predicted octanol–water partition coefficient (Wildman–Crippen LogP) is 4.96. The van der Waals surface area contributed by atoms with Crippen molar-refractivity contribution in [2.45, 2.75) is 46.7 Å². The normalized spacial score (nSPS) is 11.6. The molecule has 0 saturated heterocycles. The largest absolute Gasteiger partial charge is 0.379 e. The van der Waals surface area contributed by atoms with Crippen LogP contribution < -0.4 is 5.32 Å². The number of anilines is 1. The standard InChI is InChI=1S/C21H26N6S/c1-6-19-16(7-8-28-19)17-9-18(22-10-15-11-23-26(5)12-15)21-20(24-17)14(4)25-27(21)13(2)3/h7-9,11-13H,6,10H2,1-5H3,(H,22,24). The van der Waals surface area contributed by atoms with Crippen LogP contribution in [0.5, 0.6) is 0 Å². The Labute approximate surface area is 169 Å². The van der Waals surface area contributed by atoms with Crippen LogP contribution in [0.15, 0.2) is 29.9 Å². The second-order valence-electron chi connectivity index (χ2n) is 7.36. The lowest BCUT2D eigenvalue weighted by molar-refractivity contribution is 0.547. The maximum absolute atomic E-state index is 5.02. The molecule has 1 N–H and O–H groups in total. The van der Waals surface area contributed by atoms with Crippen LogP contribution in [0.2, 0.25) is 0 Å². The van der Waals surface area contributed by atoms with Gasteiger partial charge in [0.25, 0.3) is 0 Å². The Kier molecular flexibility index (Phi) is 4.93. The van der Waals surface area contributed by atoms with E-state index in [1.807, 2.05) is 31.0 Å². The molecular weight excluding hydrogens is 368 g/mol. The van der Waals surface area contributed by atoms with Gasteiger partial charge in [0.1, 0.15) is 11.0 Å². The minimum absolute atomic E-state index is 0.259. The summed E-state index contributed by atoms with van der Waals surface area (Å²) in [5, 5.41) is 14.8. The van der Waals surface area contributed by atoms with Gasteiger partial charge < -0.3 is 5.32 Å². The van der Waals surface area contributed by atoms with Gasteiger partial charge in [-0.25, -0.2) is 4.98 Å². The summed E-state index contributed by atoms with van der Waals surface area (Å²) < 4.78 is 3.90. The zero-order valence-corrected chi connectivity index (χ0v) is 17.8. The minimum atomic E-state index is 0.259. The molecule has 0 bridgehead atoms. The number of pyridine rings is 1. The number of rotatable bonds is 6. The van der Waals surface area contributed by atoms with Crippen LogP contribution >= 0.6 is 11.3 Å². The molecule has 0 spiro atoms. The van der Waals surface area contributed by atoms with Crippen LogP contribution in [0.4, 0.5) is 5.69 Å². The quantitative estimate of drug-likeness (QED) is 0.502. The first-order valence-electron chi connectivity index (χ1n) is 9.66. The SMILES string of the molecule is CCc1sccc1-c1cc(NCc2cnn(C)c2)c2c(n1)c(C)nn2C(C)C. The van der Waals surface area contributed by atoms with Gasteiger partial charge in [-0.2, -0.15) is 10.2 Å². The van der Waals surface area contributed by atoms with E-state index in [0.29, 0.717) is 6.54 Å². The number of nitrogens with zero attached hydrogens (tertiary/aromatic N) is 5. The first-order chi connectivity index (χ1) is 13.5. The third kappa shape index (κ3) is 3.30. The molecule has 6 nitrogen and oxygen atoms in total. The molecule has 28 heavy (non-hydrogen) atoms. The molecule has 0 aromatic carbocycles. The topological polar surface area (TPSA) is 60.6 Å². The molecule has 0 unspecified atom stereocenters. The van der Waals surface area contributed by atoms with Gasteiger partial charge in [-0.1, -0.05) is 6.92 Å². The molecule has 0 aliphatic carbocycles. The molecule has 4 rings (SSSR count). The number of aromatic nitrogens is 5. The molecule has 0 atom stereocenters. The van der Waals surface area contributed by atoms with Crippen LogP contribution in [-0.2, 0) is 20.0 Å². The Morgan fingerprint density at radius 2 is 2.11 bits per heavy atom. The van der Waals surface area contributed by atoms with Gasteiger partial charge in [-0.05, 0) is 44.7 Å². The first-order valence-corrected chi connectivity index (χ1v) is 10.5. The summed E-state index contributed by atoms with van der Waals surface area (Å²) in [6.07, 6.45) is 4.94. The van der Waals surface area contributed by atoms with E-state index in [1.54, 1.807) is 11.3 Å². The van der Waals surface area contributed by atoms with Gasteiger partial charge in [-0.15, -0.1) is 11.3 Å². The summed E-state index contributed by atoms with van der Waals surface area (Å²) in [5.74, 6) is 0. The zero-order valence-electron chi connectivity index (χ0n) is 17.0. The van der Waals surface area contributed by atoms with Crippen molar-refractivity contribution in [1.29, 1.82) is 0 Å². The van der Waals surface area contributed by atoms with Crippen molar-refractivity contribution in [3.05, 3.63) is 46.0 Å². The van der Waals surface area contributed by atoms with Gasteiger partial charge in [0, 0.05) is 41.8 Å². The highest BCUT2D eigenvalue weighted by atomic mass is 32.1. The summed E-state index contributed by atoms with van der Waals surface area (Å²) in [5.41, 5.74) is 7.42. The number of hydrogen-bond acceptors (Lipinski definition) is 5. The van der Waals surface area contributed by atoms with Gasteiger partial charge in [0.2, 0.25) is 0 Å². The van der Waals surface area contributed by atoms with Crippen LogP contribution in [0.1, 0.15) is 42.9 Å². The number of nitrogens with one attached hydrogen (secondary N) is 1. The van der Waals surface area contributed by atoms with Crippen molar-refractivity contribution >= 4 is 28.1 Å². The lowest BCUT2D eigenvalue weighted by atomic mass is 10.1. The second kappa shape index (κ2) is 7.39. The Bertz CT molecular complexity index is 1120. The number of fused-ring (bicyclic) bond motifs is 1. The third-order valence-corrected chi connectivity index (χ3v) is 5.96. The highest BCUT2D eigenvalue weighted by Crippen LogP contribution is 2.34. The van der Waals surface area contributed by atoms with E-state index in [1.165, 1.54) is 10.4 Å². The van der Waals surface area contributed by atoms with Crippen LogP contribution in [-0.4, -0.2) is 24.5 Å². The van der Waals surface area contributed by atoms with E-state index in [9.17, 15) is 0 Å². The fourth-order valence-electron chi connectivity index (χ4n) is 3.53. The van der Waals surface area contributed by atoms with Crippen molar-refractivity contribution in [1.82, 2.24) is 24.5 Å². The van der Waals surface area contributed by atoms with Gasteiger partial charge in [-0.3, -0.25) is 9.36 Å². The van der Waals surface area contributed by atoms with Gasteiger partial charge in [0.15, 0.2) is 0 Å². The summed E-state index contributed by atoms with van der Waals surface area (Å²) >= 11 is 1.79. The Morgan fingerprint density at radius 3 is 2.79 bits per heavy atom. The monoisotopic (exact) mass is 394 g/mol. The fourth-order valence-corrected chi connectivity index (χ4v) is 4.37. The van der Waals surface area contributed by atoms with Crippen molar-refractivity contribution in [3.63, 3.8) is 0 Å². The lowest BCUT2D eigenvalue weighted by Gasteiger charge is -2.14. The molecule has 7 heteroatoms. The van der Waals surface area contributed by atoms with E-state index in [4.69, 9.17) is 10.1 Å². The summed E-state index contributed by atoms with van der Waals surface area (Å²) in [4.78, 5) is 6.38. The molecule has 4 aromatic rings. The highest BCUT2D eigenvalue weighted by Gasteiger charge is 2.18. The Balaban J connectivity index is 1.85. The van der Waals surface area contributed by atoms with E-state index in [-0.39, 0.29) is 6.04 Å². The first kappa shape index (κ1) is 18.7. The fraction of sp³-hybridized carbons (Fsp3) is 0.381. The minimum Gasteiger partial charge on any atom is -0.379 e. The van der Waals surface area contributed by atoms with Gasteiger partial charge >= 0.3 is 0 Å². The molecule has 0 fully saturated rings. The van der Waals surface area contributed by atoms with E-state index < -0.39 is 0 Å². The van der Waals surface area contributed by atoms with Gasteiger partial charge in [0.05, 0.1) is 23.3 Å². The molecular formula is C21H26N6S. The maximum Gasteiger partial charge on any atom is 0.114 e. The van der Waals surface area contributed by atoms with E-state index >= 15 is 0 Å². The molecule has 146 valence electrons. The molecule has 0 saturated carbocycles. The summed E-state index contributed by atoms with van der Waals surface area (Å²) in [6, 6.07) is 4.60. The molecule has 4 heterocycles. The summed E-state index contributed by atoms with van der Waals surface area (Å²) in [7, 11) is 1.94. The Morgan fingerprint density at radius 1 is 1.29 bits per heavy atom. The number of hydrogen-bond donors (Lipinski definition) is 1. The average molecular weight is 395 g/mol. The summed E-state index contributed by atoms with van der Waals surface area (Å²) in [6.45, 7) is 9.24. The molecule has 0 aliphatic rings. The van der Waals surface area contributed by atoms with Crippen molar-refractivity contribution in [2.75, 3.05) is 5.32 Å². The molecule has 0 aliphatic heterocycles. The van der Waals surface area contributed by atoms with Crippen LogP contribution in [0.25, 0.3) is 22.3 Å². The lowest BCUT2D eigenvalue weighted by Crippen LogP contribution is -2.07. The average Bonchev–Trinajstić information content (AvgIpc) is 3.38. The van der Waals surface area contributed by atoms with Crippen LogP contribution in [0, 0.1) is 6.92 Å². The third-order valence-electron chi connectivity index (χ3n) is 4.90. The van der Waals surface area contributed by atoms with Crippen molar-refractivity contribution in [2.24, 2.45) is 7.05 Å². The second-order valence-corrected chi connectivity index (χ2v) is 8.36. The molecule has 4 aromatic heterocycles. The number of thiophene rings is 1. The van der Waals surface area contributed by atoms with E-state index in [2.05, 4.69) is 53.4 Å². The van der Waals surface area contributed by atoms with E-state index in [0.717, 1.165) is 40.1 Å². The smallest absolute Gasteiger partial charge is 0.114 e.